The highest BCUT2D eigenvalue weighted by molar-refractivity contribution is 6.31. The lowest BCUT2D eigenvalue weighted by molar-refractivity contribution is 0.194. The number of nitrogens with one attached hydrogen (secondary N) is 1. The third-order valence-electron chi connectivity index (χ3n) is 6.95. The molecule has 1 aliphatic heterocycles. The van der Waals surface area contributed by atoms with Crippen LogP contribution in [0.3, 0.4) is 0 Å². The van der Waals surface area contributed by atoms with E-state index in [1.165, 1.54) is 12.1 Å². The maximum absolute atomic E-state index is 14.5. The molecule has 0 radical (unpaired) electrons. The van der Waals surface area contributed by atoms with Crippen molar-refractivity contribution in [3.63, 3.8) is 0 Å². The van der Waals surface area contributed by atoms with Crippen molar-refractivity contribution in [3.8, 4) is 11.5 Å². The fraction of sp³-hybridized carbons (Fsp3) is 0.133. The summed E-state index contributed by atoms with van der Waals surface area (Å²) < 4.78 is 18.4. The highest BCUT2D eigenvalue weighted by Gasteiger charge is 2.36. The Morgan fingerprint density at radius 3 is 2.61 bits per heavy atom. The Balaban J connectivity index is 1.54. The van der Waals surface area contributed by atoms with Crippen LogP contribution in [0.15, 0.2) is 91.1 Å². The van der Waals surface area contributed by atoms with Gasteiger partial charge in [0.05, 0.1) is 29.7 Å². The number of aryl methyl sites for hydroxylation is 2. The minimum absolute atomic E-state index is 0.266. The second kappa shape index (κ2) is 9.50. The molecule has 1 N–H and O–H groups in total. The molecular formula is C30H25ClFN5O. The average Bonchev–Trinajstić information content (AvgIpc) is 3.47. The molecule has 38 heavy (non-hydrogen) atoms. The van der Waals surface area contributed by atoms with Gasteiger partial charge in [0.2, 0.25) is 0 Å². The Morgan fingerprint density at radius 2 is 1.82 bits per heavy atom. The minimum atomic E-state index is -0.559. The molecule has 2 amide bonds. The van der Waals surface area contributed by atoms with Crippen LogP contribution in [-0.2, 0) is 6.54 Å². The number of carbonyl (C=O) groups excluding carboxylic acids is 1. The number of fused-ring (bicyclic) bond motifs is 3. The van der Waals surface area contributed by atoms with Crippen LogP contribution in [-0.4, -0.2) is 25.3 Å². The number of urea groups is 1. The maximum atomic E-state index is 14.5. The van der Waals surface area contributed by atoms with Crippen molar-refractivity contribution in [1.29, 1.82) is 0 Å². The lowest BCUT2D eigenvalue weighted by atomic mass is 10.0. The Morgan fingerprint density at radius 1 is 1.00 bits per heavy atom. The van der Waals surface area contributed by atoms with Gasteiger partial charge in [0.25, 0.3) is 0 Å². The lowest BCUT2D eigenvalue weighted by Crippen LogP contribution is -2.38. The molecular weight excluding hydrogens is 501 g/mol. The van der Waals surface area contributed by atoms with Crippen molar-refractivity contribution in [2.24, 2.45) is 0 Å². The molecule has 6 nitrogen and oxygen atoms in total. The minimum Gasteiger partial charge on any atom is -0.307 e. The second-order valence-electron chi connectivity index (χ2n) is 9.41. The van der Waals surface area contributed by atoms with E-state index in [-0.39, 0.29) is 18.4 Å². The van der Waals surface area contributed by atoms with Crippen molar-refractivity contribution in [3.05, 3.63) is 130 Å². The summed E-state index contributed by atoms with van der Waals surface area (Å²) in [4.78, 5) is 15.8. The van der Waals surface area contributed by atoms with Gasteiger partial charge in [-0.1, -0.05) is 48.0 Å². The fourth-order valence-electron chi connectivity index (χ4n) is 5.09. The molecule has 0 aliphatic carbocycles. The highest BCUT2D eigenvalue weighted by Crippen LogP contribution is 2.39. The van der Waals surface area contributed by atoms with Gasteiger partial charge < -0.3 is 14.8 Å². The van der Waals surface area contributed by atoms with Crippen LogP contribution in [0.1, 0.15) is 34.1 Å². The molecule has 2 aromatic heterocycles. The standard InChI is InChI=1S/C30H25ClFN5O/c1-19-13-14-22(31)17-26(19)33-30(38)36-18-25-20(2)34-37(24-10-4-3-5-11-24)29(25)35-15-7-12-27(35)28(36)21-8-6-9-23(32)16-21/h3-17,28H,18H2,1-2H3,(H,33,38)/t28-/m1/s1. The quantitative estimate of drug-likeness (QED) is 0.270. The molecule has 3 aromatic carbocycles. The normalized spacial score (nSPS) is 14.5. The van der Waals surface area contributed by atoms with Crippen molar-refractivity contribution < 1.29 is 9.18 Å². The molecule has 6 rings (SSSR count). The van der Waals surface area contributed by atoms with Gasteiger partial charge in [-0.2, -0.15) is 5.10 Å². The van der Waals surface area contributed by atoms with Gasteiger partial charge in [0.1, 0.15) is 11.6 Å². The molecule has 0 fully saturated rings. The van der Waals surface area contributed by atoms with E-state index in [4.69, 9.17) is 16.7 Å². The summed E-state index contributed by atoms with van der Waals surface area (Å²) in [6, 6.07) is 24.7. The van der Waals surface area contributed by atoms with E-state index in [9.17, 15) is 9.18 Å². The Bertz CT molecular complexity index is 1660. The molecule has 3 heterocycles. The first kappa shape index (κ1) is 24.0. The maximum Gasteiger partial charge on any atom is 0.322 e. The molecule has 190 valence electrons. The highest BCUT2D eigenvalue weighted by atomic mass is 35.5. The van der Waals surface area contributed by atoms with E-state index in [1.54, 1.807) is 23.1 Å². The SMILES string of the molecule is Cc1ccc(Cl)cc1NC(=O)N1Cc2c(C)nn(-c3ccccc3)c2-n2cccc2[C@H]1c1cccc(F)c1. The van der Waals surface area contributed by atoms with Gasteiger partial charge in [0, 0.05) is 22.5 Å². The molecule has 1 aliphatic rings. The first-order valence-electron chi connectivity index (χ1n) is 12.3. The van der Waals surface area contributed by atoms with Crippen LogP contribution in [0.4, 0.5) is 14.9 Å². The number of para-hydroxylation sites is 1. The zero-order valence-electron chi connectivity index (χ0n) is 20.9. The molecule has 1 atom stereocenters. The van der Waals surface area contributed by atoms with Crippen LogP contribution in [0.5, 0.6) is 0 Å². The van der Waals surface area contributed by atoms with Crippen LogP contribution in [0.2, 0.25) is 5.02 Å². The number of halogens is 2. The Kier molecular flexibility index (Phi) is 6.00. The molecule has 8 heteroatoms. The Labute approximate surface area is 224 Å². The molecule has 0 bridgehead atoms. The number of hydrogen-bond donors (Lipinski definition) is 1. The van der Waals surface area contributed by atoms with E-state index in [2.05, 4.69) is 9.88 Å². The Hall–Kier alpha value is -4.36. The van der Waals surface area contributed by atoms with Gasteiger partial charge in [0.15, 0.2) is 0 Å². The molecule has 0 saturated carbocycles. The fourth-order valence-corrected chi connectivity index (χ4v) is 5.26. The van der Waals surface area contributed by atoms with E-state index < -0.39 is 6.04 Å². The van der Waals surface area contributed by atoms with Crippen LogP contribution < -0.4 is 5.32 Å². The summed E-state index contributed by atoms with van der Waals surface area (Å²) in [5.41, 5.74) is 5.62. The summed E-state index contributed by atoms with van der Waals surface area (Å²) in [7, 11) is 0. The zero-order chi connectivity index (χ0) is 26.4. The van der Waals surface area contributed by atoms with Crippen LogP contribution in [0.25, 0.3) is 11.5 Å². The van der Waals surface area contributed by atoms with Crippen molar-refractivity contribution in [2.75, 3.05) is 5.32 Å². The van der Waals surface area contributed by atoms with E-state index >= 15 is 0 Å². The molecule has 5 aromatic rings. The van der Waals surface area contributed by atoms with Gasteiger partial charge in [-0.3, -0.25) is 0 Å². The summed E-state index contributed by atoms with van der Waals surface area (Å²) in [6.45, 7) is 4.12. The molecule has 0 unspecified atom stereocenters. The van der Waals surface area contributed by atoms with Crippen LogP contribution >= 0.6 is 11.6 Å². The monoisotopic (exact) mass is 525 g/mol. The number of rotatable bonds is 3. The number of hydrogen-bond acceptors (Lipinski definition) is 2. The van der Waals surface area contributed by atoms with E-state index in [0.717, 1.165) is 34.0 Å². The zero-order valence-corrected chi connectivity index (χ0v) is 21.7. The number of amides is 2. The van der Waals surface area contributed by atoms with Gasteiger partial charge in [-0.25, -0.2) is 13.9 Å². The van der Waals surface area contributed by atoms with E-state index in [0.29, 0.717) is 16.3 Å². The van der Waals surface area contributed by atoms with Gasteiger partial charge >= 0.3 is 6.03 Å². The first-order chi connectivity index (χ1) is 18.4. The van der Waals surface area contributed by atoms with Crippen LogP contribution in [0, 0.1) is 19.7 Å². The molecule has 0 spiro atoms. The van der Waals surface area contributed by atoms with Crippen molar-refractivity contribution in [1.82, 2.24) is 19.2 Å². The summed E-state index contributed by atoms with van der Waals surface area (Å²) in [5, 5.41) is 8.43. The summed E-state index contributed by atoms with van der Waals surface area (Å²) in [6.07, 6.45) is 1.96. The molecule has 0 saturated heterocycles. The third kappa shape index (κ3) is 4.15. The number of aromatic nitrogens is 3. The summed E-state index contributed by atoms with van der Waals surface area (Å²) >= 11 is 6.23. The summed E-state index contributed by atoms with van der Waals surface area (Å²) in [5.74, 6) is 0.490. The first-order valence-corrected chi connectivity index (χ1v) is 12.7. The van der Waals surface area contributed by atoms with Gasteiger partial charge in [-0.15, -0.1) is 0 Å². The predicted molar refractivity (Wildman–Crippen MR) is 147 cm³/mol. The predicted octanol–water partition coefficient (Wildman–Crippen LogP) is 7.21. The average molecular weight is 526 g/mol. The second-order valence-corrected chi connectivity index (χ2v) is 9.85. The number of carbonyl (C=O) groups is 1. The van der Waals surface area contributed by atoms with Crippen molar-refractivity contribution >= 4 is 23.3 Å². The number of nitrogens with zero attached hydrogens (tertiary/aromatic N) is 4. The van der Waals surface area contributed by atoms with Crippen molar-refractivity contribution in [2.45, 2.75) is 26.4 Å². The van der Waals surface area contributed by atoms with E-state index in [1.807, 2.05) is 79.3 Å². The smallest absolute Gasteiger partial charge is 0.307 e. The van der Waals surface area contributed by atoms with Gasteiger partial charge in [-0.05, 0) is 73.5 Å². The topological polar surface area (TPSA) is 55.1 Å². The lowest BCUT2D eigenvalue weighted by Gasteiger charge is -2.31. The largest absolute Gasteiger partial charge is 0.322 e. The number of benzene rings is 3. The third-order valence-corrected chi connectivity index (χ3v) is 7.19. The number of anilines is 1.